The van der Waals surface area contributed by atoms with Crippen molar-refractivity contribution >= 4 is 17.5 Å². The highest BCUT2D eigenvalue weighted by molar-refractivity contribution is 7.99. The van der Waals surface area contributed by atoms with Gasteiger partial charge in [0.05, 0.1) is 12.9 Å². The minimum atomic E-state index is 0.0966. The molecule has 0 N–H and O–H groups in total. The second-order valence-corrected chi connectivity index (χ2v) is 6.98. The van der Waals surface area contributed by atoms with Crippen molar-refractivity contribution in [3.05, 3.63) is 59.7 Å². The van der Waals surface area contributed by atoms with E-state index in [-0.39, 0.29) is 5.78 Å². The molecule has 3 aromatic rings. The van der Waals surface area contributed by atoms with E-state index in [1.165, 1.54) is 17.3 Å². The van der Waals surface area contributed by atoms with Crippen LogP contribution in [0, 0.1) is 0 Å². The maximum Gasteiger partial charge on any atom is 0.191 e. The van der Waals surface area contributed by atoms with Gasteiger partial charge in [-0.25, -0.2) is 0 Å². The number of hydrogen-bond acceptors (Lipinski definition) is 5. The summed E-state index contributed by atoms with van der Waals surface area (Å²) < 4.78 is 7.23. The Balaban J connectivity index is 1.73. The molecule has 0 aliphatic heterocycles. The first-order chi connectivity index (χ1) is 13.2. The Kier molecular flexibility index (Phi) is 6.29. The second-order valence-electron chi connectivity index (χ2n) is 6.04. The third-order valence-electron chi connectivity index (χ3n) is 4.40. The van der Waals surface area contributed by atoms with E-state index in [0.29, 0.717) is 5.75 Å². The van der Waals surface area contributed by atoms with Crippen LogP contribution in [0.4, 0.5) is 0 Å². The number of nitrogens with zero attached hydrogens (tertiary/aromatic N) is 3. The molecule has 0 aliphatic rings. The van der Waals surface area contributed by atoms with Crippen LogP contribution in [0.5, 0.6) is 5.75 Å². The summed E-state index contributed by atoms with van der Waals surface area (Å²) in [6.45, 7) is 4.88. The van der Waals surface area contributed by atoms with Crippen LogP contribution in [0.25, 0.3) is 11.4 Å². The predicted molar refractivity (Wildman–Crippen MR) is 109 cm³/mol. The fourth-order valence-corrected chi connectivity index (χ4v) is 3.67. The zero-order chi connectivity index (χ0) is 19.2. The van der Waals surface area contributed by atoms with E-state index in [2.05, 4.69) is 17.1 Å². The first-order valence-corrected chi connectivity index (χ1v) is 9.97. The molecule has 0 fully saturated rings. The van der Waals surface area contributed by atoms with Crippen LogP contribution in [0.3, 0.4) is 0 Å². The Labute approximate surface area is 163 Å². The number of rotatable bonds is 8. The SMILES string of the molecule is CCc1ccc(C(=O)CSc2nnc(-c3ccc(OC)cc3)n2CC)cc1. The van der Waals surface area contributed by atoms with E-state index in [4.69, 9.17) is 4.74 Å². The van der Waals surface area contributed by atoms with Crippen molar-refractivity contribution in [2.45, 2.75) is 32.0 Å². The lowest BCUT2D eigenvalue weighted by atomic mass is 10.1. The van der Waals surface area contributed by atoms with Crippen LogP contribution in [-0.4, -0.2) is 33.4 Å². The summed E-state index contributed by atoms with van der Waals surface area (Å²) in [5.74, 6) is 2.03. The van der Waals surface area contributed by atoms with Gasteiger partial charge in [-0.1, -0.05) is 43.0 Å². The molecule has 6 heteroatoms. The highest BCUT2D eigenvalue weighted by Crippen LogP contribution is 2.26. The second kappa shape index (κ2) is 8.86. The van der Waals surface area contributed by atoms with Crippen LogP contribution in [0.1, 0.15) is 29.8 Å². The molecule has 0 saturated carbocycles. The van der Waals surface area contributed by atoms with Crippen molar-refractivity contribution in [2.24, 2.45) is 0 Å². The number of ketones is 1. The Morgan fingerprint density at radius 3 is 2.33 bits per heavy atom. The third-order valence-corrected chi connectivity index (χ3v) is 5.36. The standard InChI is InChI=1S/C21H23N3O2S/c1-4-15-6-8-16(9-7-15)19(25)14-27-21-23-22-20(24(21)5-2)17-10-12-18(26-3)13-11-17/h6-13H,4-5,14H2,1-3H3. The first kappa shape index (κ1) is 19.2. The minimum absolute atomic E-state index is 0.0966. The number of Topliss-reactive ketones (excluding diaryl/α,β-unsaturated/α-hetero) is 1. The number of ether oxygens (including phenoxy) is 1. The zero-order valence-electron chi connectivity index (χ0n) is 15.8. The molecular weight excluding hydrogens is 358 g/mol. The molecule has 1 heterocycles. The molecule has 0 unspecified atom stereocenters. The topological polar surface area (TPSA) is 57.0 Å². The molecule has 2 aromatic carbocycles. The molecule has 0 bridgehead atoms. The number of aromatic nitrogens is 3. The maximum absolute atomic E-state index is 12.5. The van der Waals surface area contributed by atoms with E-state index in [0.717, 1.165) is 40.8 Å². The molecule has 140 valence electrons. The lowest BCUT2D eigenvalue weighted by Gasteiger charge is -2.08. The predicted octanol–water partition coefficient (Wildman–Crippen LogP) is 4.51. The lowest BCUT2D eigenvalue weighted by molar-refractivity contribution is 0.102. The summed E-state index contributed by atoms with van der Waals surface area (Å²) in [6.07, 6.45) is 0.969. The molecule has 3 rings (SSSR count). The fraction of sp³-hybridized carbons (Fsp3) is 0.286. The number of thioether (sulfide) groups is 1. The van der Waals surface area contributed by atoms with Crippen molar-refractivity contribution in [3.8, 4) is 17.1 Å². The Bertz CT molecular complexity index is 902. The molecule has 0 atom stereocenters. The molecule has 0 amide bonds. The van der Waals surface area contributed by atoms with Crippen molar-refractivity contribution in [1.29, 1.82) is 0 Å². The minimum Gasteiger partial charge on any atom is -0.497 e. The fourth-order valence-electron chi connectivity index (χ4n) is 2.77. The maximum atomic E-state index is 12.5. The van der Waals surface area contributed by atoms with E-state index >= 15 is 0 Å². The summed E-state index contributed by atoms with van der Waals surface area (Å²) >= 11 is 1.42. The van der Waals surface area contributed by atoms with Crippen molar-refractivity contribution in [2.75, 3.05) is 12.9 Å². The average molecular weight is 382 g/mol. The van der Waals surface area contributed by atoms with Crippen LogP contribution >= 0.6 is 11.8 Å². The summed E-state index contributed by atoms with van der Waals surface area (Å²) in [5.41, 5.74) is 2.94. The lowest BCUT2D eigenvalue weighted by Crippen LogP contribution is -2.05. The Morgan fingerprint density at radius 2 is 1.74 bits per heavy atom. The van der Waals surface area contributed by atoms with Gasteiger partial charge in [0.2, 0.25) is 0 Å². The van der Waals surface area contributed by atoms with E-state index < -0.39 is 0 Å². The molecular formula is C21H23N3O2S. The quantitative estimate of drug-likeness (QED) is 0.424. The smallest absolute Gasteiger partial charge is 0.191 e. The van der Waals surface area contributed by atoms with Gasteiger partial charge in [0, 0.05) is 17.7 Å². The molecule has 0 spiro atoms. The molecule has 0 aliphatic carbocycles. The molecule has 5 nitrogen and oxygen atoms in total. The number of carbonyl (C=O) groups excluding carboxylic acids is 1. The highest BCUT2D eigenvalue weighted by Gasteiger charge is 2.15. The van der Waals surface area contributed by atoms with Gasteiger partial charge in [0.15, 0.2) is 16.8 Å². The van der Waals surface area contributed by atoms with E-state index in [1.54, 1.807) is 7.11 Å². The summed E-state index contributed by atoms with van der Waals surface area (Å²) in [6, 6.07) is 15.5. The zero-order valence-corrected chi connectivity index (χ0v) is 16.6. The van der Waals surface area contributed by atoms with E-state index in [1.807, 2.05) is 60.0 Å². The van der Waals surface area contributed by atoms with Gasteiger partial charge < -0.3 is 9.30 Å². The van der Waals surface area contributed by atoms with E-state index in [9.17, 15) is 4.79 Å². The monoisotopic (exact) mass is 381 g/mol. The van der Waals surface area contributed by atoms with Gasteiger partial charge in [-0.2, -0.15) is 0 Å². The molecule has 1 aromatic heterocycles. The van der Waals surface area contributed by atoms with Crippen LogP contribution in [0.15, 0.2) is 53.7 Å². The Hall–Kier alpha value is -2.60. The normalized spacial score (nSPS) is 10.8. The number of benzene rings is 2. The van der Waals surface area contributed by atoms with Crippen LogP contribution in [-0.2, 0) is 13.0 Å². The van der Waals surface area contributed by atoms with Crippen LogP contribution < -0.4 is 4.74 Å². The van der Waals surface area contributed by atoms with Gasteiger partial charge in [0.1, 0.15) is 5.75 Å². The number of aryl methyl sites for hydroxylation is 1. The van der Waals surface area contributed by atoms with Gasteiger partial charge >= 0.3 is 0 Å². The summed E-state index contributed by atoms with van der Waals surface area (Å²) in [5, 5.41) is 9.37. The Morgan fingerprint density at radius 1 is 1.04 bits per heavy atom. The van der Waals surface area contributed by atoms with Crippen LogP contribution in [0.2, 0.25) is 0 Å². The molecule has 0 saturated heterocycles. The van der Waals surface area contributed by atoms with Crippen molar-refractivity contribution < 1.29 is 9.53 Å². The number of hydrogen-bond donors (Lipinski definition) is 0. The first-order valence-electron chi connectivity index (χ1n) is 8.98. The van der Waals surface area contributed by atoms with Gasteiger partial charge in [0.25, 0.3) is 0 Å². The van der Waals surface area contributed by atoms with Gasteiger partial charge in [-0.05, 0) is 43.2 Å². The van der Waals surface area contributed by atoms with Gasteiger partial charge in [-0.3, -0.25) is 4.79 Å². The average Bonchev–Trinajstić information content (AvgIpc) is 3.15. The third kappa shape index (κ3) is 4.39. The largest absolute Gasteiger partial charge is 0.497 e. The summed E-state index contributed by atoms with van der Waals surface area (Å²) in [4.78, 5) is 12.5. The molecule has 27 heavy (non-hydrogen) atoms. The van der Waals surface area contributed by atoms with Crippen molar-refractivity contribution in [3.63, 3.8) is 0 Å². The highest BCUT2D eigenvalue weighted by atomic mass is 32.2. The molecule has 0 radical (unpaired) electrons. The number of methoxy groups -OCH3 is 1. The number of carbonyl (C=O) groups is 1. The summed E-state index contributed by atoms with van der Waals surface area (Å²) in [7, 11) is 1.64. The van der Waals surface area contributed by atoms with Crippen molar-refractivity contribution in [1.82, 2.24) is 14.8 Å². The van der Waals surface area contributed by atoms with Gasteiger partial charge in [-0.15, -0.1) is 10.2 Å².